The number of aromatic amines is 2. The largest absolute Gasteiger partial charge is 0.444 e. The molecule has 1 aliphatic rings. The predicted molar refractivity (Wildman–Crippen MR) is 196 cm³/mol. The summed E-state index contributed by atoms with van der Waals surface area (Å²) in [6.45, 7) is 14.9. The number of carbonyl (C=O) groups excluding carboxylic acids is 2. The third-order valence-corrected chi connectivity index (χ3v) is 8.63. The number of hydrogen-bond acceptors (Lipinski definition) is 6. The van der Waals surface area contributed by atoms with Crippen LogP contribution in [0.2, 0.25) is 0 Å². The molecule has 6 rings (SSSR count). The van der Waals surface area contributed by atoms with Gasteiger partial charge < -0.3 is 24.3 Å². The average Bonchev–Trinajstić information content (AvgIpc) is 3.84. The first-order valence-corrected chi connectivity index (χ1v) is 17.5. The van der Waals surface area contributed by atoms with Crippen molar-refractivity contribution in [3.63, 3.8) is 0 Å². The molecule has 5 aromatic rings. The predicted octanol–water partition coefficient (Wildman–Crippen LogP) is 9.51. The van der Waals surface area contributed by atoms with E-state index in [-0.39, 0.29) is 18.2 Å². The molecule has 262 valence electrons. The third kappa shape index (κ3) is 7.85. The molecule has 0 spiro atoms. The van der Waals surface area contributed by atoms with E-state index < -0.39 is 11.2 Å². The minimum atomic E-state index is -0.560. The number of hydrogen-bond donors (Lipinski definition) is 2. The van der Waals surface area contributed by atoms with Gasteiger partial charge in [-0.1, -0.05) is 67.6 Å². The molecule has 1 saturated heterocycles. The lowest BCUT2D eigenvalue weighted by atomic mass is 9.93. The monoisotopic (exact) mass is 676 g/mol. The number of ether oxygens (including phenoxy) is 2. The van der Waals surface area contributed by atoms with Crippen LogP contribution in [0.4, 0.5) is 9.59 Å². The second-order valence-corrected chi connectivity index (χ2v) is 14.9. The Kier molecular flexibility index (Phi) is 9.73. The van der Waals surface area contributed by atoms with Crippen LogP contribution in [-0.4, -0.2) is 66.2 Å². The van der Waals surface area contributed by atoms with Crippen molar-refractivity contribution >= 4 is 23.0 Å². The topological polar surface area (TPSA) is 116 Å². The van der Waals surface area contributed by atoms with Gasteiger partial charge >= 0.3 is 12.2 Å². The first-order valence-electron chi connectivity index (χ1n) is 17.5. The molecular formula is C40H48N6O4. The summed E-state index contributed by atoms with van der Waals surface area (Å²) in [5, 5.41) is 2.24. The Morgan fingerprint density at radius 3 is 2.14 bits per heavy atom. The van der Waals surface area contributed by atoms with Crippen LogP contribution >= 0.6 is 0 Å². The van der Waals surface area contributed by atoms with Gasteiger partial charge in [0.2, 0.25) is 0 Å². The van der Waals surface area contributed by atoms with Crippen LogP contribution in [0, 0.1) is 0 Å². The number of H-pyrrole nitrogens is 2. The number of imidazole rings is 2. The minimum absolute atomic E-state index is 0.145. The van der Waals surface area contributed by atoms with Gasteiger partial charge in [-0.15, -0.1) is 0 Å². The maximum atomic E-state index is 12.9. The van der Waals surface area contributed by atoms with E-state index in [4.69, 9.17) is 14.5 Å². The van der Waals surface area contributed by atoms with Crippen LogP contribution in [0.25, 0.3) is 44.4 Å². The second kappa shape index (κ2) is 14.0. The van der Waals surface area contributed by atoms with E-state index in [2.05, 4.69) is 75.6 Å². The summed E-state index contributed by atoms with van der Waals surface area (Å²) in [6, 6.07) is 21.0. The van der Waals surface area contributed by atoms with Crippen LogP contribution < -0.4 is 0 Å². The molecule has 0 aliphatic carbocycles. The molecule has 0 saturated carbocycles. The number of aromatic nitrogens is 4. The first-order chi connectivity index (χ1) is 23.8. The molecule has 1 aliphatic heterocycles. The summed E-state index contributed by atoms with van der Waals surface area (Å²) in [5.41, 5.74) is 4.96. The molecule has 10 heteroatoms. The number of nitrogens with zero attached hydrogens (tertiary/aromatic N) is 4. The minimum Gasteiger partial charge on any atom is -0.444 e. The molecule has 10 nitrogen and oxygen atoms in total. The van der Waals surface area contributed by atoms with E-state index in [1.807, 2.05) is 60.9 Å². The van der Waals surface area contributed by atoms with E-state index in [0.29, 0.717) is 25.5 Å². The zero-order chi connectivity index (χ0) is 35.6. The number of fused-ring (bicyclic) bond motifs is 1. The molecule has 0 radical (unpaired) electrons. The molecule has 0 unspecified atom stereocenters. The summed E-state index contributed by atoms with van der Waals surface area (Å²) in [5.74, 6) is 1.48. The molecule has 2 N–H and O–H groups in total. The number of benzene rings is 3. The highest BCUT2D eigenvalue weighted by molar-refractivity contribution is 6.04. The Morgan fingerprint density at radius 2 is 1.46 bits per heavy atom. The number of nitrogens with one attached hydrogen (secondary N) is 2. The van der Waals surface area contributed by atoms with Crippen LogP contribution in [0.5, 0.6) is 0 Å². The number of likely N-dealkylation sites (tertiary alicyclic amines) is 1. The van der Waals surface area contributed by atoms with Crippen LogP contribution in [0.3, 0.4) is 0 Å². The molecule has 1 fully saturated rings. The Bertz CT molecular complexity index is 1960. The second-order valence-electron chi connectivity index (χ2n) is 14.9. The van der Waals surface area contributed by atoms with Crippen molar-refractivity contribution in [2.24, 2.45) is 0 Å². The molecule has 0 bridgehead atoms. The van der Waals surface area contributed by atoms with E-state index in [1.54, 1.807) is 9.80 Å². The van der Waals surface area contributed by atoms with Gasteiger partial charge in [0.05, 0.1) is 36.4 Å². The average molecular weight is 677 g/mol. The van der Waals surface area contributed by atoms with E-state index >= 15 is 0 Å². The van der Waals surface area contributed by atoms with Crippen molar-refractivity contribution in [3.05, 3.63) is 84.7 Å². The van der Waals surface area contributed by atoms with Crippen molar-refractivity contribution in [2.75, 3.05) is 13.1 Å². The Hall–Kier alpha value is -5.12. The molecule has 3 heterocycles. The van der Waals surface area contributed by atoms with Crippen molar-refractivity contribution in [1.29, 1.82) is 0 Å². The SMILES string of the molecule is CCCN(Cc1ncc(-c2ccc(-c3ccc(-c4cnc([C@@H]5CCCN5C(=O)OC(C)(C)C)[nH]4)c4ccccc34)cc2)[nH]1)C(=O)OC(C)(C)C. The van der Waals surface area contributed by atoms with Crippen molar-refractivity contribution in [1.82, 2.24) is 29.7 Å². The van der Waals surface area contributed by atoms with Crippen molar-refractivity contribution in [2.45, 2.75) is 91.5 Å². The maximum absolute atomic E-state index is 12.9. The summed E-state index contributed by atoms with van der Waals surface area (Å²) in [7, 11) is 0. The number of amides is 2. The molecule has 1 atom stereocenters. The maximum Gasteiger partial charge on any atom is 0.410 e. The zero-order valence-corrected chi connectivity index (χ0v) is 30.2. The van der Waals surface area contributed by atoms with Gasteiger partial charge in [-0.25, -0.2) is 19.6 Å². The highest BCUT2D eigenvalue weighted by Gasteiger charge is 2.35. The standard InChI is InChI=1S/C40H48N6O4/c1-8-21-45(37(47)49-39(2,3)4)25-35-41-23-32(43-35)27-17-15-26(16-18-27)28-19-20-31(30-13-10-9-12-29(28)30)33-24-42-36(44-33)34-14-11-22-46(34)38(48)50-40(5,6)7/h9-10,12-13,15-20,23-24,34H,8,11,14,21-22,25H2,1-7H3,(H,41,43)(H,42,44)/t34-/m0/s1. The van der Waals surface area contributed by atoms with E-state index in [1.165, 1.54) is 0 Å². The van der Waals surface area contributed by atoms with Gasteiger partial charge in [0.25, 0.3) is 0 Å². The van der Waals surface area contributed by atoms with E-state index in [0.717, 1.165) is 69.5 Å². The zero-order valence-electron chi connectivity index (χ0n) is 30.2. The van der Waals surface area contributed by atoms with Gasteiger partial charge in [-0.3, -0.25) is 4.90 Å². The quantitative estimate of drug-likeness (QED) is 0.169. The first kappa shape index (κ1) is 34.7. The van der Waals surface area contributed by atoms with Gasteiger partial charge in [0, 0.05) is 18.7 Å². The third-order valence-electron chi connectivity index (χ3n) is 8.63. The van der Waals surface area contributed by atoms with Gasteiger partial charge in [0.15, 0.2) is 0 Å². The summed E-state index contributed by atoms with van der Waals surface area (Å²) in [4.78, 5) is 45.4. The van der Waals surface area contributed by atoms with Gasteiger partial charge in [-0.2, -0.15) is 0 Å². The lowest BCUT2D eigenvalue weighted by molar-refractivity contribution is 0.0212. The number of rotatable bonds is 8. The van der Waals surface area contributed by atoms with Gasteiger partial charge in [0.1, 0.15) is 22.9 Å². The molecule has 3 aromatic carbocycles. The van der Waals surface area contributed by atoms with Crippen LogP contribution in [0.15, 0.2) is 73.1 Å². The Morgan fingerprint density at radius 1 is 0.820 bits per heavy atom. The van der Waals surface area contributed by atoms with Gasteiger partial charge in [-0.05, 0) is 88.3 Å². The van der Waals surface area contributed by atoms with Crippen LogP contribution in [0.1, 0.15) is 85.4 Å². The highest BCUT2D eigenvalue weighted by atomic mass is 16.6. The number of carbonyl (C=O) groups is 2. The molecule has 2 amide bonds. The molecular weight excluding hydrogens is 628 g/mol. The van der Waals surface area contributed by atoms with Crippen molar-refractivity contribution < 1.29 is 19.1 Å². The summed E-state index contributed by atoms with van der Waals surface area (Å²) >= 11 is 0. The lowest BCUT2D eigenvalue weighted by Gasteiger charge is -2.27. The molecule has 50 heavy (non-hydrogen) atoms. The fraction of sp³-hybridized carbons (Fsp3) is 0.400. The van der Waals surface area contributed by atoms with Crippen molar-refractivity contribution in [3.8, 4) is 33.6 Å². The van der Waals surface area contributed by atoms with E-state index in [9.17, 15) is 9.59 Å². The molecule has 2 aromatic heterocycles. The van der Waals surface area contributed by atoms with Crippen LogP contribution in [-0.2, 0) is 16.0 Å². The Labute approximate surface area is 294 Å². The fourth-order valence-corrected chi connectivity index (χ4v) is 6.45. The Balaban J connectivity index is 1.21. The fourth-order valence-electron chi connectivity index (χ4n) is 6.45. The summed E-state index contributed by atoms with van der Waals surface area (Å²) in [6.07, 6.45) is 5.60. The smallest absolute Gasteiger partial charge is 0.410 e. The normalized spacial score (nSPS) is 15.0. The highest BCUT2D eigenvalue weighted by Crippen LogP contribution is 2.38. The lowest BCUT2D eigenvalue weighted by Crippen LogP contribution is -2.37. The summed E-state index contributed by atoms with van der Waals surface area (Å²) < 4.78 is 11.3.